The average Bonchev–Trinajstić information content (AvgIpc) is 3.23. The van der Waals surface area contributed by atoms with Gasteiger partial charge in [-0.15, -0.1) is 0 Å². The maximum absolute atomic E-state index is 13.9. The highest BCUT2D eigenvalue weighted by atomic mass is 16.2. The molecule has 210 valence electrons. The molecule has 1 saturated heterocycles. The van der Waals surface area contributed by atoms with Crippen molar-refractivity contribution < 1.29 is 14.4 Å². The third kappa shape index (κ3) is 4.69. The summed E-state index contributed by atoms with van der Waals surface area (Å²) in [5.74, 6) is 1.04. The van der Waals surface area contributed by atoms with Gasteiger partial charge in [0.2, 0.25) is 11.8 Å². The fourth-order valence-electron chi connectivity index (χ4n) is 6.81. The zero-order chi connectivity index (χ0) is 28.3. The van der Waals surface area contributed by atoms with Crippen LogP contribution in [0.15, 0.2) is 24.5 Å². The molecule has 1 aliphatic heterocycles. The molecule has 3 aromatic rings. The van der Waals surface area contributed by atoms with Gasteiger partial charge in [-0.05, 0) is 74.6 Å². The van der Waals surface area contributed by atoms with Gasteiger partial charge in [-0.2, -0.15) is 5.10 Å². The molecular weight excluding hydrogens is 504 g/mol. The topological polar surface area (TPSA) is 110 Å². The molecular formula is C31H38N6O3. The van der Waals surface area contributed by atoms with Crippen molar-refractivity contribution >= 4 is 28.5 Å². The number of likely N-dealkylation sites (tertiary alicyclic amines) is 1. The van der Waals surface area contributed by atoms with Crippen LogP contribution in [0.2, 0.25) is 0 Å². The Morgan fingerprint density at radius 2 is 1.82 bits per heavy atom. The predicted octanol–water partition coefficient (Wildman–Crippen LogP) is 4.39. The standard InChI is InChI=1S/C31H38N6O3/c1-17-9-22(23-14-32-20(4)33-15-23)11-24-28(19(3)38)35-36(29(17)24)16-27(39)37-25(12-31(5)13-26(31)37)30(40)34-18(2)10-21-7-6-8-21/h9,11,14-15,18,21,25-26H,6-8,10,12-13,16H2,1-5H3,(H,34,40)/t18?,25-,26+,31-/m0/s1. The fraction of sp³-hybridized carbons (Fsp3) is 0.548. The number of aryl methyl sites for hydroxylation is 2. The smallest absolute Gasteiger partial charge is 0.245 e. The first-order valence-corrected chi connectivity index (χ1v) is 14.5. The summed E-state index contributed by atoms with van der Waals surface area (Å²) in [6, 6.07) is 3.64. The fourth-order valence-corrected chi connectivity index (χ4v) is 6.81. The second kappa shape index (κ2) is 9.78. The van der Waals surface area contributed by atoms with E-state index in [1.807, 2.05) is 26.0 Å². The first-order chi connectivity index (χ1) is 19.0. The number of piperidine rings is 1. The number of amides is 2. The minimum Gasteiger partial charge on any atom is -0.352 e. The first kappa shape index (κ1) is 26.6. The van der Waals surface area contributed by atoms with Gasteiger partial charge in [0.25, 0.3) is 0 Å². The third-order valence-corrected chi connectivity index (χ3v) is 9.29. The van der Waals surface area contributed by atoms with Crippen molar-refractivity contribution in [3.05, 3.63) is 41.6 Å². The van der Waals surface area contributed by atoms with Crippen LogP contribution in [0.1, 0.15) is 81.2 Å². The number of hydrogen-bond acceptors (Lipinski definition) is 6. The largest absolute Gasteiger partial charge is 0.352 e. The average molecular weight is 543 g/mol. The molecule has 9 nitrogen and oxygen atoms in total. The third-order valence-electron chi connectivity index (χ3n) is 9.29. The molecule has 0 radical (unpaired) electrons. The summed E-state index contributed by atoms with van der Waals surface area (Å²) in [4.78, 5) is 50.3. The van der Waals surface area contributed by atoms with Crippen molar-refractivity contribution in [3.8, 4) is 11.1 Å². The SMILES string of the molecule is CC(=O)c1nn(CC(=O)N2[C@H](C(=O)NC(C)CC3CCC3)C[C@@]3(C)C[C@@H]23)c2c(C)cc(-c3cnc(C)nc3)cc12. The molecule has 1 N–H and O–H groups in total. The monoisotopic (exact) mass is 542 g/mol. The summed E-state index contributed by atoms with van der Waals surface area (Å²) in [6.45, 7) is 9.50. The zero-order valence-corrected chi connectivity index (χ0v) is 24.0. The Hall–Kier alpha value is -3.62. The van der Waals surface area contributed by atoms with Crippen molar-refractivity contribution in [1.82, 2.24) is 30.0 Å². The number of carbonyl (C=O) groups is 3. The number of Topliss-reactive ketones (excluding diaryl/α,β-unsaturated/α-hetero) is 1. The number of hydrogen-bond donors (Lipinski definition) is 1. The molecule has 3 aliphatic rings. The quantitative estimate of drug-likeness (QED) is 0.423. The minimum absolute atomic E-state index is 0.00741. The number of fused-ring (bicyclic) bond motifs is 2. The van der Waals surface area contributed by atoms with E-state index in [1.165, 1.54) is 26.2 Å². The molecule has 1 aromatic carbocycles. The van der Waals surface area contributed by atoms with Crippen molar-refractivity contribution in [2.75, 3.05) is 0 Å². The Morgan fingerprint density at radius 3 is 2.48 bits per heavy atom. The van der Waals surface area contributed by atoms with Crippen molar-refractivity contribution in [2.45, 2.75) is 97.8 Å². The maximum Gasteiger partial charge on any atom is 0.245 e. The van der Waals surface area contributed by atoms with Crippen LogP contribution < -0.4 is 5.32 Å². The van der Waals surface area contributed by atoms with Crippen molar-refractivity contribution in [3.63, 3.8) is 0 Å². The molecule has 0 bridgehead atoms. The first-order valence-electron chi connectivity index (χ1n) is 14.5. The van der Waals surface area contributed by atoms with E-state index in [1.54, 1.807) is 22.0 Å². The minimum atomic E-state index is -0.469. The van der Waals surface area contributed by atoms with E-state index in [9.17, 15) is 14.4 Å². The van der Waals surface area contributed by atoms with Gasteiger partial charge in [0.05, 0.1) is 5.52 Å². The van der Waals surface area contributed by atoms with Crippen molar-refractivity contribution in [1.29, 1.82) is 0 Å². The lowest BCUT2D eigenvalue weighted by atomic mass is 9.81. The number of nitrogens with one attached hydrogen (secondary N) is 1. The van der Waals surface area contributed by atoms with Crippen LogP contribution in [0.3, 0.4) is 0 Å². The van der Waals surface area contributed by atoms with Crippen LogP contribution in [0.5, 0.6) is 0 Å². The van der Waals surface area contributed by atoms with Crippen LogP contribution in [0.25, 0.3) is 22.0 Å². The van der Waals surface area contributed by atoms with Crippen LogP contribution in [0.4, 0.5) is 0 Å². The number of benzene rings is 1. The molecule has 2 amide bonds. The van der Waals surface area contributed by atoms with Crippen molar-refractivity contribution in [2.24, 2.45) is 11.3 Å². The van der Waals surface area contributed by atoms with E-state index < -0.39 is 6.04 Å². The Balaban J connectivity index is 1.27. The van der Waals surface area contributed by atoms with Gasteiger partial charge in [0.15, 0.2) is 5.78 Å². The van der Waals surface area contributed by atoms with Crippen LogP contribution in [0, 0.1) is 25.2 Å². The lowest BCUT2D eigenvalue weighted by molar-refractivity contribution is -0.140. The summed E-state index contributed by atoms with van der Waals surface area (Å²) in [5.41, 5.74) is 3.71. The normalized spacial score (nSPS) is 24.5. The Bertz CT molecular complexity index is 1510. The predicted molar refractivity (Wildman–Crippen MR) is 152 cm³/mol. The van der Waals surface area contributed by atoms with E-state index in [0.717, 1.165) is 35.0 Å². The van der Waals surface area contributed by atoms with Crippen LogP contribution in [-0.2, 0) is 16.1 Å². The van der Waals surface area contributed by atoms with Gasteiger partial charge in [0.1, 0.15) is 24.1 Å². The summed E-state index contributed by atoms with van der Waals surface area (Å²) in [5, 5.41) is 8.52. The van der Waals surface area contributed by atoms with Gasteiger partial charge in [-0.1, -0.05) is 26.2 Å². The number of aromatic nitrogens is 4. The summed E-state index contributed by atoms with van der Waals surface area (Å²) < 4.78 is 1.64. The molecule has 1 unspecified atom stereocenters. The lowest BCUT2D eigenvalue weighted by Gasteiger charge is -2.31. The van der Waals surface area contributed by atoms with Gasteiger partial charge < -0.3 is 10.2 Å². The van der Waals surface area contributed by atoms with Gasteiger partial charge in [-0.3, -0.25) is 19.1 Å². The molecule has 0 spiro atoms. The molecule has 2 aromatic heterocycles. The van der Waals surface area contributed by atoms with E-state index >= 15 is 0 Å². The van der Waals surface area contributed by atoms with Crippen LogP contribution in [-0.4, -0.2) is 60.4 Å². The van der Waals surface area contributed by atoms with E-state index in [4.69, 9.17) is 0 Å². The van der Waals surface area contributed by atoms with Gasteiger partial charge in [0, 0.05) is 42.4 Å². The number of nitrogens with zero attached hydrogens (tertiary/aromatic N) is 5. The Kier molecular flexibility index (Phi) is 6.50. The molecule has 40 heavy (non-hydrogen) atoms. The molecule has 2 saturated carbocycles. The number of carbonyl (C=O) groups excluding carboxylic acids is 3. The summed E-state index contributed by atoms with van der Waals surface area (Å²) >= 11 is 0. The number of rotatable bonds is 8. The van der Waals surface area contributed by atoms with Gasteiger partial charge in [-0.25, -0.2) is 9.97 Å². The molecule has 9 heteroatoms. The molecule has 3 heterocycles. The van der Waals surface area contributed by atoms with Crippen LogP contribution >= 0.6 is 0 Å². The second-order valence-corrected chi connectivity index (χ2v) is 12.6. The highest BCUT2D eigenvalue weighted by molar-refractivity contribution is 6.07. The Labute approximate surface area is 234 Å². The summed E-state index contributed by atoms with van der Waals surface area (Å²) in [7, 11) is 0. The van der Waals surface area contributed by atoms with E-state index in [-0.39, 0.29) is 41.6 Å². The Morgan fingerprint density at radius 1 is 1.10 bits per heavy atom. The second-order valence-electron chi connectivity index (χ2n) is 12.6. The maximum atomic E-state index is 13.9. The van der Waals surface area contributed by atoms with E-state index in [0.29, 0.717) is 29.2 Å². The van der Waals surface area contributed by atoms with E-state index in [2.05, 4.69) is 34.2 Å². The highest BCUT2D eigenvalue weighted by Gasteiger charge is 2.64. The molecule has 3 fully saturated rings. The lowest BCUT2D eigenvalue weighted by Crippen LogP contribution is -2.51. The molecule has 4 atom stereocenters. The molecule has 6 rings (SSSR count). The molecule has 2 aliphatic carbocycles. The van der Waals surface area contributed by atoms with Gasteiger partial charge >= 0.3 is 0 Å². The highest BCUT2D eigenvalue weighted by Crippen LogP contribution is 2.59. The zero-order valence-electron chi connectivity index (χ0n) is 24.0. The number of ketones is 1. The summed E-state index contributed by atoms with van der Waals surface area (Å²) in [6.07, 6.45) is 9.90.